The van der Waals surface area contributed by atoms with Gasteiger partial charge in [-0.15, -0.1) is 0 Å². The van der Waals surface area contributed by atoms with Crippen LogP contribution in [0.25, 0.3) is 0 Å². The van der Waals surface area contributed by atoms with Crippen LogP contribution in [0.1, 0.15) is 5.56 Å². The molecular formula is C6H5F3N2. The highest BCUT2D eigenvalue weighted by molar-refractivity contribution is 5.45. The first-order valence-electron chi connectivity index (χ1n) is 2.78. The van der Waals surface area contributed by atoms with E-state index in [-0.39, 0.29) is 5.69 Å². The average Bonchev–Trinajstić information content (AvgIpc) is 1.86. The van der Waals surface area contributed by atoms with Gasteiger partial charge in [-0.3, -0.25) is 4.98 Å². The number of rotatable bonds is 0. The van der Waals surface area contributed by atoms with Crippen molar-refractivity contribution in [2.24, 2.45) is 0 Å². The highest BCUT2D eigenvalue weighted by Crippen LogP contribution is 2.32. The maximum absolute atomic E-state index is 11.9. The van der Waals surface area contributed by atoms with Gasteiger partial charge in [-0.2, -0.15) is 13.2 Å². The summed E-state index contributed by atoms with van der Waals surface area (Å²) in [6.07, 6.45) is -2.49. The first kappa shape index (κ1) is 7.84. The minimum absolute atomic E-state index is 0.299. The largest absolute Gasteiger partial charge is 0.419 e. The molecule has 0 saturated carbocycles. The van der Waals surface area contributed by atoms with Crippen molar-refractivity contribution < 1.29 is 13.2 Å². The number of aromatic nitrogens is 1. The van der Waals surface area contributed by atoms with Crippen LogP contribution in [0.2, 0.25) is 0 Å². The van der Waals surface area contributed by atoms with E-state index in [0.717, 1.165) is 6.07 Å². The van der Waals surface area contributed by atoms with E-state index in [2.05, 4.69) is 4.98 Å². The number of nitrogens with zero attached hydrogens (tertiary/aromatic N) is 1. The van der Waals surface area contributed by atoms with Crippen molar-refractivity contribution in [3.63, 3.8) is 0 Å². The SMILES string of the molecule is Nc1ccncc1C(F)(F)F. The van der Waals surface area contributed by atoms with E-state index in [1.165, 1.54) is 6.20 Å². The number of nitrogen functional groups attached to an aromatic ring is 1. The summed E-state index contributed by atoms with van der Waals surface area (Å²) in [6.45, 7) is 0. The van der Waals surface area contributed by atoms with E-state index in [9.17, 15) is 13.2 Å². The molecule has 0 unspecified atom stereocenters. The molecule has 0 fully saturated rings. The molecule has 1 aromatic rings. The zero-order chi connectivity index (χ0) is 8.48. The second kappa shape index (κ2) is 2.41. The Morgan fingerprint density at radius 2 is 2.00 bits per heavy atom. The molecule has 0 spiro atoms. The van der Waals surface area contributed by atoms with Gasteiger partial charge in [-0.1, -0.05) is 0 Å². The maximum atomic E-state index is 11.9. The predicted molar refractivity (Wildman–Crippen MR) is 33.7 cm³/mol. The quantitative estimate of drug-likeness (QED) is 0.630. The van der Waals surface area contributed by atoms with Crippen LogP contribution in [0.5, 0.6) is 0 Å². The van der Waals surface area contributed by atoms with Crippen molar-refractivity contribution in [1.82, 2.24) is 4.98 Å². The van der Waals surface area contributed by atoms with E-state index >= 15 is 0 Å². The lowest BCUT2D eigenvalue weighted by molar-refractivity contribution is -0.137. The van der Waals surface area contributed by atoms with Crippen LogP contribution >= 0.6 is 0 Å². The molecule has 1 rings (SSSR count). The molecule has 2 N–H and O–H groups in total. The Balaban J connectivity index is 3.14. The first-order valence-corrected chi connectivity index (χ1v) is 2.78. The van der Waals surface area contributed by atoms with Crippen LogP contribution in [0.4, 0.5) is 18.9 Å². The van der Waals surface area contributed by atoms with Crippen molar-refractivity contribution >= 4 is 5.69 Å². The smallest absolute Gasteiger partial charge is 0.398 e. The summed E-state index contributed by atoms with van der Waals surface area (Å²) in [5, 5.41) is 0. The van der Waals surface area contributed by atoms with Crippen LogP contribution in [0.15, 0.2) is 18.5 Å². The fourth-order valence-electron chi connectivity index (χ4n) is 0.642. The predicted octanol–water partition coefficient (Wildman–Crippen LogP) is 1.68. The number of alkyl halides is 3. The highest BCUT2D eigenvalue weighted by atomic mass is 19.4. The van der Waals surface area contributed by atoms with Gasteiger partial charge in [0.15, 0.2) is 0 Å². The van der Waals surface area contributed by atoms with Gasteiger partial charge < -0.3 is 5.73 Å². The Labute approximate surface area is 60.9 Å². The molecule has 5 heteroatoms. The van der Waals surface area contributed by atoms with Gasteiger partial charge >= 0.3 is 6.18 Å². The third-order valence-electron chi connectivity index (χ3n) is 1.16. The lowest BCUT2D eigenvalue weighted by Gasteiger charge is -2.07. The van der Waals surface area contributed by atoms with Crippen molar-refractivity contribution in [2.75, 3.05) is 5.73 Å². The second-order valence-corrected chi connectivity index (χ2v) is 1.96. The molecule has 0 atom stereocenters. The first-order chi connectivity index (χ1) is 5.02. The molecule has 0 aromatic carbocycles. The minimum atomic E-state index is -4.40. The van der Waals surface area contributed by atoms with Gasteiger partial charge in [0.25, 0.3) is 0 Å². The third-order valence-corrected chi connectivity index (χ3v) is 1.16. The monoisotopic (exact) mass is 162 g/mol. The number of hydrogen-bond donors (Lipinski definition) is 1. The number of hydrogen-bond acceptors (Lipinski definition) is 2. The number of halogens is 3. The molecule has 1 heterocycles. The molecule has 0 aliphatic rings. The average molecular weight is 162 g/mol. The molecule has 0 amide bonds. The van der Waals surface area contributed by atoms with Gasteiger partial charge in [-0.05, 0) is 6.07 Å². The van der Waals surface area contributed by atoms with Crippen molar-refractivity contribution in [2.45, 2.75) is 6.18 Å². The Morgan fingerprint density at radius 3 is 2.36 bits per heavy atom. The normalized spacial score (nSPS) is 11.5. The molecule has 0 saturated heterocycles. The summed E-state index contributed by atoms with van der Waals surface area (Å²) < 4.78 is 35.8. The van der Waals surface area contributed by atoms with E-state index < -0.39 is 11.7 Å². The fraction of sp³-hybridized carbons (Fsp3) is 0.167. The van der Waals surface area contributed by atoms with Crippen LogP contribution in [-0.4, -0.2) is 4.98 Å². The van der Waals surface area contributed by atoms with Gasteiger partial charge in [0.2, 0.25) is 0 Å². The lowest BCUT2D eigenvalue weighted by Crippen LogP contribution is -2.08. The second-order valence-electron chi connectivity index (χ2n) is 1.96. The minimum Gasteiger partial charge on any atom is -0.398 e. The molecule has 0 aliphatic carbocycles. The van der Waals surface area contributed by atoms with E-state index in [0.29, 0.717) is 6.20 Å². The molecule has 11 heavy (non-hydrogen) atoms. The summed E-state index contributed by atoms with van der Waals surface area (Å²) in [4.78, 5) is 3.31. The van der Waals surface area contributed by atoms with Crippen molar-refractivity contribution in [3.05, 3.63) is 24.0 Å². The topological polar surface area (TPSA) is 38.9 Å². The lowest BCUT2D eigenvalue weighted by atomic mass is 10.2. The Kier molecular flexibility index (Phi) is 1.72. The number of nitrogens with two attached hydrogens (primary N) is 1. The summed E-state index contributed by atoms with van der Waals surface area (Å²) in [5.41, 5.74) is 3.86. The third kappa shape index (κ3) is 1.60. The fourth-order valence-corrected chi connectivity index (χ4v) is 0.642. The van der Waals surface area contributed by atoms with Crippen LogP contribution in [-0.2, 0) is 6.18 Å². The summed E-state index contributed by atoms with van der Waals surface area (Å²) in [6, 6.07) is 1.11. The Hall–Kier alpha value is -1.26. The highest BCUT2D eigenvalue weighted by Gasteiger charge is 2.32. The standard InChI is InChI=1S/C6H5F3N2/c7-6(8,9)4-3-11-2-1-5(4)10/h1-3H,(H2,10,11). The van der Waals surface area contributed by atoms with Crippen molar-refractivity contribution in [3.8, 4) is 0 Å². The molecule has 0 bridgehead atoms. The summed E-state index contributed by atoms with van der Waals surface area (Å²) >= 11 is 0. The summed E-state index contributed by atoms with van der Waals surface area (Å²) in [7, 11) is 0. The maximum Gasteiger partial charge on any atom is 0.419 e. The molecule has 0 radical (unpaired) electrons. The van der Waals surface area contributed by atoms with E-state index in [4.69, 9.17) is 5.73 Å². The zero-order valence-electron chi connectivity index (χ0n) is 5.39. The van der Waals surface area contributed by atoms with E-state index in [1.54, 1.807) is 0 Å². The Bertz CT molecular complexity index is 256. The Morgan fingerprint density at radius 1 is 1.36 bits per heavy atom. The van der Waals surface area contributed by atoms with Crippen LogP contribution in [0.3, 0.4) is 0 Å². The summed E-state index contributed by atoms with van der Waals surface area (Å²) in [5.74, 6) is 0. The van der Waals surface area contributed by atoms with Crippen LogP contribution < -0.4 is 5.73 Å². The zero-order valence-corrected chi connectivity index (χ0v) is 5.39. The number of pyridine rings is 1. The van der Waals surface area contributed by atoms with Crippen molar-refractivity contribution in [1.29, 1.82) is 0 Å². The van der Waals surface area contributed by atoms with Crippen LogP contribution in [0, 0.1) is 0 Å². The molecule has 2 nitrogen and oxygen atoms in total. The molecule has 60 valence electrons. The van der Waals surface area contributed by atoms with Gasteiger partial charge in [-0.25, -0.2) is 0 Å². The van der Waals surface area contributed by atoms with Gasteiger partial charge in [0.05, 0.1) is 5.56 Å². The number of anilines is 1. The molecule has 1 aromatic heterocycles. The van der Waals surface area contributed by atoms with Gasteiger partial charge in [0, 0.05) is 18.1 Å². The molecule has 0 aliphatic heterocycles. The van der Waals surface area contributed by atoms with E-state index in [1.807, 2.05) is 0 Å². The molecular weight excluding hydrogens is 157 g/mol. The van der Waals surface area contributed by atoms with Gasteiger partial charge in [0.1, 0.15) is 0 Å².